The zero-order chi connectivity index (χ0) is 18.7. The van der Waals surface area contributed by atoms with Crippen molar-refractivity contribution in [2.45, 2.75) is 31.9 Å². The van der Waals surface area contributed by atoms with Gasteiger partial charge in [0.15, 0.2) is 5.60 Å². The Morgan fingerprint density at radius 3 is 2.81 bits per heavy atom. The Morgan fingerprint density at radius 1 is 1.31 bits per heavy atom. The molecule has 6 heteroatoms. The second-order valence-corrected chi connectivity index (χ2v) is 7.44. The molecule has 2 atom stereocenters. The van der Waals surface area contributed by atoms with Crippen molar-refractivity contribution in [3.8, 4) is 22.6 Å². The largest absolute Gasteiger partial charge is 0.492 e. The average Bonchev–Trinajstić information content (AvgIpc) is 2.65. The first-order chi connectivity index (χ1) is 12.5. The minimum Gasteiger partial charge on any atom is -0.492 e. The molecule has 0 aliphatic carbocycles. The first-order valence-corrected chi connectivity index (χ1v) is 9.35. The van der Waals surface area contributed by atoms with Gasteiger partial charge in [0.25, 0.3) is 0 Å². The molecule has 0 radical (unpaired) electrons. The van der Waals surface area contributed by atoms with Crippen LogP contribution in [0.2, 0.25) is 0 Å². The highest BCUT2D eigenvalue weighted by Crippen LogP contribution is 2.46. The fraction of sp³-hybridized carbons (Fsp3) is 0.450. The minimum absolute atomic E-state index is 0.0174. The molecule has 0 fully saturated rings. The van der Waals surface area contributed by atoms with E-state index in [0.717, 1.165) is 23.1 Å². The number of halogens is 1. The third kappa shape index (κ3) is 3.65. The minimum atomic E-state index is -0.987. The number of rotatable bonds is 7. The maximum Gasteiger partial charge on any atom is 0.171 e. The first kappa shape index (κ1) is 19.0. The molecule has 1 aliphatic rings. The van der Waals surface area contributed by atoms with Gasteiger partial charge < -0.3 is 20.3 Å². The zero-order valence-corrected chi connectivity index (χ0v) is 15.9. The number of aliphatic hydroxyl groups excluding tert-OH is 1. The lowest BCUT2D eigenvalue weighted by molar-refractivity contribution is 0.0224. The van der Waals surface area contributed by atoms with Crippen LogP contribution in [0.15, 0.2) is 36.7 Å². The number of fused-ring (bicyclic) bond motifs is 3. The summed E-state index contributed by atoms with van der Waals surface area (Å²) in [4.78, 5) is 4.21. The third-order valence-corrected chi connectivity index (χ3v) is 5.00. The molecule has 2 aromatic rings. The Labute approximate surface area is 159 Å². The van der Waals surface area contributed by atoms with E-state index >= 15 is 0 Å². The third-order valence-electron chi connectivity index (χ3n) is 4.57. The number of hydrogen-bond acceptors (Lipinski definition) is 5. The van der Waals surface area contributed by atoms with Gasteiger partial charge in [0.1, 0.15) is 18.1 Å². The molecule has 0 bridgehead atoms. The molecule has 3 rings (SSSR count). The Kier molecular flexibility index (Phi) is 5.70. The molecule has 0 saturated carbocycles. The van der Waals surface area contributed by atoms with Crippen LogP contribution >= 0.6 is 11.6 Å². The molecule has 1 aromatic heterocycles. The van der Waals surface area contributed by atoms with E-state index in [4.69, 9.17) is 26.8 Å². The standard InChI is InChI=1S/C20H25ClN2O3/c1-13(2)7-14(22)10-25-15-3-4-16-17-9-23-6-5-18(17)20(11-21,12-24)26-19(16)8-15/h3-6,8-9,13-14,24H,7,10-12,22H2,1-2H3. The normalized spacial score (nSPS) is 19.5. The van der Waals surface area contributed by atoms with E-state index in [-0.39, 0.29) is 18.5 Å². The highest BCUT2D eigenvalue weighted by Gasteiger charge is 2.40. The number of ether oxygens (including phenoxy) is 2. The van der Waals surface area contributed by atoms with Crippen molar-refractivity contribution in [1.82, 2.24) is 4.98 Å². The van der Waals surface area contributed by atoms with Gasteiger partial charge in [-0.25, -0.2) is 0 Å². The highest BCUT2D eigenvalue weighted by atomic mass is 35.5. The van der Waals surface area contributed by atoms with Crippen LogP contribution in [-0.2, 0) is 5.60 Å². The van der Waals surface area contributed by atoms with E-state index in [1.807, 2.05) is 24.3 Å². The van der Waals surface area contributed by atoms with Gasteiger partial charge in [-0.05, 0) is 30.5 Å². The second kappa shape index (κ2) is 7.82. The quantitative estimate of drug-likeness (QED) is 0.725. The van der Waals surface area contributed by atoms with Crippen LogP contribution in [0.5, 0.6) is 11.5 Å². The number of pyridine rings is 1. The molecule has 0 saturated heterocycles. The van der Waals surface area contributed by atoms with Gasteiger partial charge >= 0.3 is 0 Å². The summed E-state index contributed by atoms with van der Waals surface area (Å²) in [6.45, 7) is 4.49. The number of nitrogens with zero attached hydrogens (tertiary/aromatic N) is 1. The number of alkyl halides is 1. The molecule has 1 aromatic carbocycles. The molecule has 1 aliphatic heterocycles. The van der Waals surface area contributed by atoms with Gasteiger partial charge in [0.2, 0.25) is 0 Å². The fourth-order valence-electron chi connectivity index (χ4n) is 3.31. The summed E-state index contributed by atoms with van der Waals surface area (Å²) in [5, 5.41) is 9.97. The van der Waals surface area contributed by atoms with E-state index in [1.54, 1.807) is 12.4 Å². The molecular weight excluding hydrogens is 352 g/mol. The van der Waals surface area contributed by atoms with Crippen LogP contribution in [0.25, 0.3) is 11.1 Å². The monoisotopic (exact) mass is 376 g/mol. The first-order valence-electron chi connectivity index (χ1n) is 8.82. The molecule has 2 heterocycles. The van der Waals surface area contributed by atoms with E-state index in [1.165, 1.54) is 0 Å². The van der Waals surface area contributed by atoms with Gasteiger partial charge in [0.05, 0.1) is 12.5 Å². The van der Waals surface area contributed by atoms with Crippen molar-refractivity contribution in [3.63, 3.8) is 0 Å². The van der Waals surface area contributed by atoms with Crippen LogP contribution in [0.3, 0.4) is 0 Å². The van der Waals surface area contributed by atoms with Gasteiger partial charge in [-0.2, -0.15) is 0 Å². The molecule has 0 amide bonds. The van der Waals surface area contributed by atoms with Crippen molar-refractivity contribution in [1.29, 1.82) is 0 Å². The van der Waals surface area contributed by atoms with Gasteiger partial charge in [-0.3, -0.25) is 4.98 Å². The maximum absolute atomic E-state index is 9.97. The van der Waals surface area contributed by atoms with E-state index < -0.39 is 5.60 Å². The number of nitrogens with two attached hydrogens (primary N) is 1. The smallest absolute Gasteiger partial charge is 0.171 e. The lowest BCUT2D eigenvalue weighted by Crippen LogP contribution is -2.41. The number of aromatic nitrogens is 1. The average molecular weight is 377 g/mol. The molecular formula is C20H25ClN2O3. The summed E-state index contributed by atoms with van der Waals surface area (Å²) in [6.07, 6.45) is 4.35. The van der Waals surface area contributed by atoms with E-state index in [9.17, 15) is 5.11 Å². The van der Waals surface area contributed by atoms with Crippen molar-refractivity contribution in [3.05, 3.63) is 42.2 Å². The number of hydrogen-bond donors (Lipinski definition) is 2. The zero-order valence-electron chi connectivity index (χ0n) is 15.1. The topological polar surface area (TPSA) is 77.6 Å². The number of aliphatic hydroxyl groups is 1. The number of benzene rings is 1. The Morgan fingerprint density at radius 2 is 2.12 bits per heavy atom. The van der Waals surface area contributed by atoms with Crippen LogP contribution < -0.4 is 15.2 Å². The summed E-state index contributed by atoms with van der Waals surface area (Å²) in [5.74, 6) is 1.95. The molecule has 5 nitrogen and oxygen atoms in total. The summed E-state index contributed by atoms with van der Waals surface area (Å²) in [7, 11) is 0. The Bertz CT molecular complexity index is 762. The Balaban J connectivity index is 1.88. The summed E-state index contributed by atoms with van der Waals surface area (Å²) in [6, 6.07) is 7.48. The van der Waals surface area contributed by atoms with Gasteiger partial charge in [0, 0.05) is 41.2 Å². The van der Waals surface area contributed by atoms with Crippen molar-refractivity contribution >= 4 is 11.6 Å². The molecule has 26 heavy (non-hydrogen) atoms. The van der Waals surface area contributed by atoms with Crippen LogP contribution in [-0.4, -0.2) is 35.2 Å². The fourth-order valence-corrected chi connectivity index (χ4v) is 3.59. The van der Waals surface area contributed by atoms with Crippen LogP contribution in [0.1, 0.15) is 25.8 Å². The molecule has 2 unspecified atom stereocenters. The molecule has 140 valence electrons. The van der Waals surface area contributed by atoms with Gasteiger partial charge in [-0.15, -0.1) is 11.6 Å². The Hall–Kier alpha value is -1.82. The van der Waals surface area contributed by atoms with Gasteiger partial charge in [-0.1, -0.05) is 13.8 Å². The molecule has 0 spiro atoms. The van der Waals surface area contributed by atoms with Crippen molar-refractivity contribution in [2.75, 3.05) is 19.1 Å². The van der Waals surface area contributed by atoms with E-state index in [2.05, 4.69) is 18.8 Å². The lowest BCUT2D eigenvalue weighted by Gasteiger charge is -2.37. The SMILES string of the molecule is CC(C)CC(N)COc1ccc2c(c1)OC(CO)(CCl)c1ccncc1-2. The predicted molar refractivity (Wildman–Crippen MR) is 103 cm³/mol. The summed E-state index contributed by atoms with van der Waals surface area (Å²) < 4.78 is 12.0. The van der Waals surface area contributed by atoms with Crippen LogP contribution in [0, 0.1) is 5.92 Å². The van der Waals surface area contributed by atoms with Crippen LogP contribution in [0.4, 0.5) is 0 Å². The van der Waals surface area contributed by atoms with E-state index in [0.29, 0.717) is 24.0 Å². The summed E-state index contributed by atoms with van der Waals surface area (Å²) >= 11 is 6.17. The van der Waals surface area contributed by atoms with Crippen molar-refractivity contribution < 1.29 is 14.6 Å². The summed E-state index contributed by atoms with van der Waals surface area (Å²) in [5.41, 5.74) is 7.76. The lowest BCUT2D eigenvalue weighted by atomic mass is 9.86. The molecule has 3 N–H and O–H groups in total. The highest BCUT2D eigenvalue weighted by molar-refractivity contribution is 6.18. The second-order valence-electron chi connectivity index (χ2n) is 7.17. The van der Waals surface area contributed by atoms with Crippen molar-refractivity contribution in [2.24, 2.45) is 11.7 Å². The maximum atomic E-state index is 9.97. The predicted octanol–water partition coefficient (Wildman–Crippen LogP) is 3.32.